The van der Waals surface area contributed by atoms with E-state index >= 15 is 0 Å². The van der Waals surface area contributed by atoms with E-state index < -0.39 is 5.60 Å². The van der Waals surface area contributed by atoms with E-state index in [1.54, 1.807) is 0 Å². The summed E-state index contributed by atoms with van der Waals surface area (Å²) in [6, 6.07) is 10.9. The highest BCUT2D eigenvalue weighted by atomic mass is 35.5. The second kappa shape index (κ2) is 7.77. The molecule has 0 unspecified atom stereocenters. The number of pyridine rings is 1. The van der Waals surface area contributed by atoms with Gasteiger partial charge in [-0.15, -0.1) is 0 Å². The predicted octanol–water partition coefficient (Wildman–Crippen LogP) is 5.72. The molecule has 4 rings (SSSR count). The zero-order valence-corrected chi connectivity index (χ0v) is 19.1. The number of benzene rings is 1. The molecule has 0 spiro atoms. The van der Waals surface area contributed by atoms with E-state index in [-0.39, 0.29) is 24.1 Å². The maximum atomic E-state index is 12.8. The Labute approximate surface area is 184 Å². The third-order valence-corrected chi connectivity index (χ3v) is 6.40. The summed E-state index contributed by atoms with van der Waals surface area (Å²) in [6.45, 7) is 5.74. The number of carbonyl (C=O) groups excluding carboxylic acids is 1. The summed E-state index contributed by atoms with van der Waals surface area (Å²) in [5, 5.41) is 0.502. The number of hydrogen-bond acceptors (Lipinski definition) is 4. The highest BCUT2D eigenvalue weighted by molar-refractivity contribution is 6.32. The van der Waals surface area contributed by atoms with Crippen molar-refractivity contribution < 1.29 is 9.53 Å². The molecule has 5 nitrogen and oxygen atoms in total. The molecule has 2 bridgehead atoms. The Morgan fingerprint density at radius 3 is 2.70 bits per heavy atom. The van der Waals surface area contributed by atoms with Gasteiger partial charge in [0, 0.05) is 49.5 Å². The van der Waals surface area contributed by atoms with Crippen LogP contribution < -0.4 is 4.90 Å². The lowest BCUT2D eigenvalue weighted by Crippen LogP contribution is -2.40. The molecule has 6 heteroatoms. The van der Waals surface area contributed by atoms with Crippen LogP contribution in [0.1, 0.15) is 51.5 Å². The summed E-state index contributed by atoms with van der Waals surface area (Å²) in [5.74, 6) is 0.261. The Balaban J connectivity index is 1.62. The maximum absolute atomic E-state index is 12.8. The lowest BCUT2D eigenvalue weighted by molar-refractivity contribution is 0.0213. The fourth-order valence-corrected chi connectivity index (χ4v) is 4.98. The summed E-state index contributed by atoms with van der Waals surface area (Å²) in [6.07, 6.45) is 4.67. The molecule has 0 aliphatic carbocycles. The minimum atomic E-state index is -0.485. The first-order valence-electron chi connectivity index (χ1n) is 10.6. The molecular weight excluding hydrogens is 398 g/mol. The molecule has 1 aromatic carbocycles. The summed E-state index contributed by atoms with van der Waals surface area (Å²) in [4.78, 5) is 21.4. The normalized spacial score (nSPS) is 23.0. The Bertz CT molecular complexity index is 954. The molecule has 2 saturated heterocycles. The quantitative estimate of drug-likeness (QED) is 0.587. The lowest BCUT2D eigenvalue weighted by atomic mass is 9.84. The Morgan fingerprint density at radius 2 is 2.00 bits per heavy atom. The van der Waals surface area contributed by atoms with Gasteiger partial charge in [0.15, 0.2) is 0 Å². The Kier molecular flexibility index (Phi) is 5.43. The molecular formula is C24H30ClN3O2. The van der Waals surface area contributed by atoms with Gasteiger partial charge in [-0.1, -0.05) is 23.7 Å². The number of hydrogen-bond donors (Lipinski definition) is 0. The van der Waals surface area contributed by atoms with E-state index in [0.29, 0.717) is 5.15 Å². The summed E-state index contributed by atoms with van der Waals surface area (Å²) < 4.78 is 5.68. The van der Waals surface area contributed by atoms with Crippen molar-refractivity contribution in [3.8, 4) is 11.1 Å². The maximum Gasteiger partial charge on any atom is 0.410 e. The topological polar surface area (TPSA) is 45.7 Å². The molecule has 2 aliphatic heterocycles. The van der Waals surface area contributed by atoms with E-state index in [4.69, 9.17) is 16.3 Å². The monoisotopic (exact) mass is 427 g/mol. The zero-order chi connectivity index (χ0) is 21.6. The second-order valence-electron chi connectivity index (χ2n) is 9.58. The first-order chi connectivity index (χ1) is 14.1. The molecule has 0 N–H and O–H groups in total. The molecule has 30 heavy (non-hydrogen) atoms. The van der Waals surface area contributed by atoms with Crippen LogP contribution in [-0.4, -0.2) is 47.8 Å². The van der Waals surface area contributed by atoms with Crippen LogP contribution in [0.25, 0.3) is 11.1 Å². The number of carbonyl (C=O) groups is 1. The van der Waals surface area contributed by atoms with E-state index in [9.17, 15) is 4.79 Å². The molecule has 3 heterocycles. The summed E-state index contributed by atoms with van der Waals surface area (Å²) in [5.41, 5.74) is 3.76. The molecule has 1 amide bonds. The van der Waals surface area contributed by atoms with Crippen LogP contribution in [-0.2, 0) is 4.74 Å². The number of halogens is 1. The average molecular weight is 428 g/mol. The standard InChI is InChI=1S/C24H30ClN3O2/c1-24(2,3)30-23(29)28-18-9-10-21(28)19(13-18)16-12-20(22(25)26-14-16)15-7-6-8-17(11-15)27(4)5/h6-8,11-12,14,18-19,21H,9-10,13H2,1-5H3/t18-,19+,21+/m0/s1. The van der Waals surface area contributed by atoms with Crippen LogP contribution in [0.2, 0.25) is 5.15 Å². The minimum absolute atomic E-state index is 0.161. The lowest BCUT2D eigenvalue weighted by Gasteiger charge is -2.28. The van der Waals surface area contributed by atoms with Gasteiger partial charge in [0.2, 0.25) is 0 Å². The fraction of sp³-hybridized carbons (Fsp3) is 0.500. The number of amides is 1. The van der Waals surface area contributed by atoms with Gasteiger partial charge in [0.25, 0.3) is 0 Å². The largest absolute Gasteiger partial charge is 0.444 e. The predicted molar refractivity (Wildman–Crippen MR) is 121 cm³/mol. The highest BCUT2D eigenvalue weighted by Crippen LogP contribution is 2.48. The van der Waals surface area contributed by atoms with Gasteiger partial charge in [0.05, 0.1) is 0 Å². The number of anilines is 1. The van der Waals surface area contributed by atoms with E-state index in [0.717, 1.165) is 41.6 Å². The molecule has 3 atom stereocenters. The zero-order valence-electron chi connectivity index (χ0n) is 18.4. The smallest absolute Gasteiger partial charge is 0.410 e. The fourth-order valence-electron chi connectivity index (χ4n) is 4.77. The molecule has 2 aliphatic rings. The van der Waals surface area contributed by atoms with Crippen molar-refractivity contribution in [3.05, 3.63) is 47.2 Å². The SMILES string of the molecule is CN(C)c1cccc(-c2cc([C@H]3C[C@@H]4CC[C@H]3N4C(=O)OC(C)(C)C)cnc2Cl)c1. The van der Waals surface area contributed by atoms with Crippen molar-refractivity contribution >= 4 is 23.4 Å². The van der Waals surface area contributed by atoms with Gasteiger partial charge >= 0.3 is 6.09 Å². The van der Waals surface area contributed by atoms with Gasteiger partial charge in [0.1, 0.15) is 10.8 Å². The van der Waals surface area contributed by atoms with Crippen molar-refractivity contribution in [2.45, 2.75) is 63.6 Å². The molecule has 160 valence electrons. The van der Waals surface area contributed by atoms with Crippen LogP contribution in [0.5, 0.6) is 0 Å². The van der Waals surface area contributed by atoms with E-state index in [2.05, 4.69) is 34.1 Å². The average Bonchev–Trinajstić information content (AvgIpc) is 3.25. The number of fused-ring (bicyclic) bond motifs is 2. The van der Waals surface area contributed by atoms with E-state index in [1.807, 2.05) is 52.0 Å². The van der Waals surface area contributed by atoms with Crippen LogP contribution in [0.4, 0.5) is 10.5 Å². The van der Waals surface area contributed by atoms with Crippen molar-refractivity contribution in [2.24, 2.45) is 0 Å². The van der Waals surface area contributed by atoms with Gasteiger partial charge in [-0.3, -0.25) is 0 Å². The molecule has 0 saturated carbocycles. The molecule has 0 radical (unpaired) electrons. The van der Waals surface area contributed by atoms with Crippen LogP contribution in [0.3, 0.4) is 0 Å². The van der Waals surface area contributed by atoms with Crippen molar-refractivity contribution in [1.29, 1.82) is 0 Å². The van der Waals surface area contributed by atoms with Crippen LogP contribution in [0.15, 0.2) is 36.5 Å². The van der Waals surface area contributed by atoms with Gasteiger partial charge in [-0.05, 0) is 69.4 Å². The Hall–Kier alpha value is -2.27. The third-order valence-electron chi connectivity index (χ3n) is 6.10. The third kappa shape index (κ3) is 4.00. The summed E-state index contributed by atoms with van der Waals surface area (Å²) >= 11 is 6.49. The minimum Gasteiger partial charge on any atom is -0.444 e. The van der Waals surface area contributed by atoms with Crippen molar-refractivity contribution in [1.82, 2.24) is 9.88 Å². The van der Waals surface area contributed by atoms with Gasteiger partial charge < -0.3 is 14.5 Å². The highest BCUT2D eigenvalue weighted by Gasteiger charge is 2.50. The first-order valence-corrected chi connectivity index (χ1v) is 11.0. The van der Waals surface area contributed by atoms with Crippen LogP contribution in [0, 0.1) is 0 Å². The number of ether oxygens (including phenoxy) is 1. The summed E-state index contributed by atoms with van der Waals surface area (Å²) in [7, 11) is 4.05. The number of nitrogens with zero attached hydrogens (tertiary/aromatic N) is 3. The second-order valence-corrected chi connectivity index (χ2v) is 9.94. The Morgan fingerprint density at radius 1 is 1.23 bits per heavy atom. The number of aromatic nitrogens is 1. The van der Waals surface area contributed by atoms with Gasteiger partial charge in [-0.2, -0.15) is 0 Å². The van der Waals surface area contributed by atoms with E-state index in [1.165, 1.54) is 0 Å². The molecule has 2 fully saturated rings. The van der Waals surface area contributed by atoms with Gasteiger partial charge in [-0.25, -0.2) is 9.78 Å². The van der Waals surface area contributed by atoms with Crippen molar-refractivity contribution in [2.75, 3.05) is 19.0 Å². The van der Waals surface area contributed by atoms with Crippen molar-refractivity contribution in [3.63, 3.8) is 0 Å². The molecule has 2 aromatic rings. The first kappa shape index (κ1) is 21.0. The van der Waals surface area contributed by atoms with Crippen LogP contribution >= 0.6 is 11.6 Å². The number of rotatable bonds is 3. The molecule has 1 aromatic heterocycles.